The molecule has 4 rings (SSSR count). The molecule has 2 heterocycles. The number of nitrogens with one attached hydrogen (secondary N) is 1. The molecule has 0 fully saturated rings. The fraction of sp³-hybridized carbons (Fsp3) is 0.130. The van der Waals surface area contributed by atoms with Crippen LogP contribution in [-0.2, 0) is 6.18 Å². The molecule has 31 heavy (non-hydrogen) atoms. The van der Waals surface area contributed by atoms with Gasteiger partial charge in [-0.05, 0) is 49.4 Å². The number of nitrogens with zero attached hydrogens (tertiary/aromatic N) is 2. The van der Waals surface area contributed by atoms with E-state index in [1.165, 1.54) is 29.0 Å². The molecule has 1 N–H and O–H groups in total. The van der Waals surface area contributed by atoms with Gasteiger partial charge in [-0.3, -0.25) is 9.36 Å². The molecule has 0 aliphatic heterocycles. The molecule has 0 aliphatic rings. The highest BCUT2D eigenvalue weighted by molar-refractivity contribution is 5.91. The van der Waals surface area contributed by atoms with Gasteiger partial charge in [0.05, 0.1) is 23.5 Å². The van der Waals surface area contributed by atoms with Crippen molar-refractivity contribution in [2.45, 2.75) is 13.1 Å². The maximum atomic E-state index is 13.2. The topological polar surface area (TPSA) is 56.1 Å². The number of aromatic nitrogens is 2. The number of rotatable bonds is 5. The summed E-state index contributed by atoms with van der Waals surface area (Å²) in [6, 6.07) is 16.7. The van der Waals surface area contributed by atoms with Gasteiger partial charge in [-0.2, -0.15) is 13.2 Å². The zero-order valence-electron chi connectivity index (χ0n) is 16.5. The summed E-state index contributed by atoms with van der Waals surface area (Å²) in [6.07, 6.45) is -3.03. The third kappa shape index (κ3) is 4.23. The Labute approximate surface area is 175 Å². The van der Waals surface area contributed by atoms with Crippen LogP contribution >= 0.6 is 0 Å². The standard InChI is InChI=1S/C23H18F3N3O2/c1-2-31-18-9-4-7-16(13-18)28-20-14-21(30)29(22-19(20)10-5-11-27-22)17-8-3-6-15(12-17)23(24,25)26/h3-14,28H,2H2,1H3. The molecule has 0 saturated heterocycles. The second kappa shape index (κ2) is 8.14. The lowest BCUT2D eigenvalue weighted by Gasteiger charge is -2.15. The molecule has 0 amide bonds. The summed E-state index contributed by atoms with van der Waals surface area (Å²) in [5.74, 6) is 0.673. The Balaban J connectivity index is 1.84. The van der Waals surface area contributed by atoms with Crippen LogP contribution in [0.2, 0.25) is 0 Å². The zero-order valence-corrected chi connectivity index (χ0v) is 16.5. The average molecular weight is 425 g/mol. The Hall–Kier alpha value is -3.81. The fourth-order valence-electron chi connectivity index (χ4n) is 3.32. The highest BCUT2D eigenvalue weighted by Gasteiger charge is 2.30. The molecule has 0 unspecified atom stereocenters. The lowest BCUT2D eigenvalue weighted by molar-refractivity contribution is -0.137. The zero-order chi connectivity index (χ0) is 22.0. The maximum Gasteiger partial charge on any atom is 0.416 e. The lowest BCUT2D eigenvalue weighted by Crippen LogP contribution is -2.20. The van der Waals surface area contributed by atoms with Crippen LogP contribution in [0.15, 0.2) is 77.7 Å². The molecule has 5 nitrogen and oxygen atoms in total. The minimum absolute atomic E-state index is 0.0911. The largest absolute Gasteiger partial charge is 0.494 e. The third-order valence-electron chi connectivity index (χ3n) is 4.63. The molecular weight excluding hydrogens is 407 g/mol. The van der Waals surface area contributed by atoms with Gasteiger partial charge in [0.2, 0.25) is 0 Å². The van der Waals surface area contributed by atoms with Crippen LogP contribution in [0.4, 0.5) is 24.5 Å². The number of halogens is 3. The van der Waals surface area contributed by atoms with Gasteiger partial charge in [-0.1, -0.05) is 12.1 Å². The van der Waals surface area contributed by atoms with Crippen LogP contribution in [-0.4, -0.2) is 16.2 Å². The molecule has 0 aliphatic carbocycles. The fourth-order valence-corrected chi connectivity index (χ4v) is 3.32. The molecule has 0 saturated carbocycles. The van der Waals surface area contributed by atoms with E-state index >= 15 is 0 Å². The first-order chi connectivity index (χ1) is 14.9. The van der Waals surface area contributed by atoms with Gasteiger partial charge in [0.25, 0.3) is 5.56 Å². The lowest BCUT2D eigenvalue weighted by atomic mass is 10.1. The molecule has 8 heteroatoms. The van der Waals surface area contributed by atoms with Crippen LogP contribution in [0.1, 0.15) is 12.5 Å². The Morgan fingerprint density at radius 2 is 1.84 bits per heavy atom. The molecule has 0 bridgehead atoms. The van der Waals surface area contributed by atoms with E-state index in [-0.39, 0.29) is 11.3 Å². The SMILES string of the molecule is CCOc1cccc(Nc2cc(=O)n(-c3cccc(C(F)(F)F)c3)c3ncccc23)c1. The summed E-state index contributed by atoms with van der Waals surface area (Å²) >= 11 is 0. The normalized spacial score (nSPS) is 11.5. The van der Waals surface area contributed by atoms with Gasteiger partial charge in [0.1, 0.15) is 11.4 Å². The second-order valence-electron chi connectivity index (χ2n) is 6.74. The summed E-state index contributed by atoms with van der Waals surface area (Å²) < 4.78 is 46.2. The Kier molecular flexibility index (Phi) is 5.37. The van der Waals surface area contributed by atoms with Crippen molar-refractivity contribution in [3.8, 4) is 11.4 Å². The van der Waals surface area contributed by atoms with Crippen molar-refractivity contribution in [2.75, 3.05) is 11.9 Å². The Morgan fingerprint density at radius 1 is 1.03 bits per heavy atom. The second-order valence-corrected chi connectivity index (χ2v) is 6.74. The van der Waals surface area contributed by atoms with Crippen molar-refractivity contribution in [1.82, 2.24) is 9.55 Å². The number of fused-ring (bicyclic) bond motifs is 1. The van der Waals surface area contributed by atoms with Crippen molar-refractivity contribution >= 4 is 22.4 Å². The van der Waals surface area contributed by atoms with E-state index in [4.69, 9.17) is 4.74 Å². The molecule has 0 spiro atoms. The van der Waals surface area contributed by atoms with E-state index < -0.39 is 17.3 Å². The number of hydrogen-bond acceptors (Lipinski definition) is 4. The summed E-state index contributed by atoms with van der Waals surface area (Å²) in [7, 11) is 0. The molecule has 0 atom stereocenters. The van der Waals surface area contributed by atoms with E-state index in [1.807, 2.05) is 25.1 Å². The first-order valence-corrected chi connectivity index (χ1v) is 9.55. The van der Waals surface area contributed by atoms with E-state index in [1.54, 1.807) is 18.2 Å². The summed E-state index contributed by atoms with van der Waals surface area (Å²) in [6.45, 7) is 2.40. The highest BCUT2D eigenvalue weighted by Crippen LogP contribution is 2.31. The van der Waals surface area contributed by atoms with Crippen molar-refractivity contribution in [1.29, 1.82) is 0 Å². The number of pyridine rings is 2. The molecule has 0 radical (unpaired) electrons. The first-order valence-electron chi connectivity index (χ1n) is 9.55. The van der Waals surface area contributed by atoms with Crippen molar-refractivity contribution in [2.24, 2.45) is 0 Å². The number of benzene rings is 2. The average Bonchev–Trinajstić information content (AvgIpc) is 2.74. The maximum absolute atomic E-state index is 13.2. The van der Waals surface area contributed by atoms with Gasteiger partial charge in [-0.15, -0.1) is 0 Å². The Morgan fingerprint density at radius 3 is 2.61 bits per heavy atom. The van der Waals surface area contributed by atoms with Gasteiger partial charge < -0.3 is 10.1 Å². The van der Waals surface area contributed by atoms with E-state index in [0.29, 0.717) is 29.1 Å². The van der Waals surface area contributed by atoms with Crippen LogP contribution in [0.5, 0.6) is 5.75 Å². The van der Waals surface area contributed by atoms with Crippen LogP contribution in [0, 0.1) is 0 Å². The molecule has 2 aromatic heterocycles. The van der Waals surface area contributed by atoms with E-state index in [0.717, 1.165) is 12.1 Å². The minimum atomic E-state index is -4.52. The van der Waals surface area contributed by atoms with Crippen LogP contribution < -0.4 is 15.6 Å². The molecular formula is C23H18F3N3O2. The van der Waals surface area contributed by atoms with Crippen molar-refractivity contribution in [3.63, 3.8) is 0 Å². The number of ether oxygens (including phenoxy) is 1. The van der Waals surface area contributed by atoms with Gasteiger partial charge in [0, 0.05) is 29.4 Å². The van der Waals surface area contributed by atoms with Gasteiger partial charge >= 0.3 is 6.18 Å². The predicted octanol–water partition coefficient (Wildman–Crippen LogP) is 5.55. The molecule has 2 aromatic carbocycles. The van der Waals surface area contributed by atoms with E-state index in [2.05, 4.69) is 10.3 Å². The molecule has 4 aromatic rings. The molecule has 158 valence electrons. The van der Waals surface area contributed by atoms with Crippen molar-refractivity contribution < 1.29 is 17.9 Å². The summed E-state index contributed by atoms with van der Waals surface area (Å²) in [5, 5.41) is 3.77. The Bertz CT molecular complexity index is 1300. The van der Waals surface area contributed by atoms with Crippen LogP contribution in [0.3, 0.4) is 0 Å². The highest BCUT2D eigenvalue weighted by atomic mass is 19.4. The number of alkyl halides is 3. The van der Waals surface area contributed by atoms with Gasteiger partial charge in [0.15, 0.2) is 0 Å². The van der Waals surface area contributed by atoms with Crippen molar-refractivity contribution in [3.05, 3.63) is 88.8 Å². The first kappa shape index (κ1) is 20.5. The number of anilines is 2. The third-order valence-corrected chi connectivity index (χ3v) is 4.63. The minimum Gasteiger partial charge on any atom is -0.494 e. The summed E-state index contributed by atoms with van der Waals surface area (Å²) in [4.78, 5) is 17.2. The van der Waals surface area contributed by atoms with Crippen LogP contribution in [0.25, 0.3) is 16.7 Å². The number of hydrogen-bond donors (Lipinski definition) is 1. The summed E-state index contributed by atoms with van der Waals surface area (Å²) in [5.41, 5.74) is 0.188. The van der Waals surface area contributed by atoms with Gasteiger partial charge in [-0.25, -0.2) is 4.98 Å². The quantitative estimate of drug-likeness (QED) is 0.456. The van der Waals surface area contributed by atoms with E-state index in [9.17, 15) is 18.0 Å². The predicted molar refractivity (Wildman–Crippen MR) is 113 cm³/mol. The smallest absolute Gasteiger partial charge is 0.416 e. The monoisotopic (exact) mass is 425 g/mol.